The van der Waals surface area contributed by atoms with Crippen molar-refractivity contribution in [3.05, 3.63) is 24.3 Å². The van der Waals surface area contributed by atoms with Crippen LogP contribution in [-0.2, 0) is 14.9 Å². The van der Waals surface area contributed by atoms with E-state index in [1.807, 2.05) is 0 Å². The van der Waals surface area contributed by atoms with Crippen LogP contribution in [-0.4, -0.2) is 35.2 Å². The van der Waals surface area contributed by atoms with E-state index < -0.39 is 10.2 Å². The Morgan fingerprint density at radius 2 is 1.94 bits per heavy atom. The molecule has 0 aliphatic heterocycles. The summed E-state index contributed by atoms with van der Waals surface area (Å²) in [6, 6.07) is 6.69. The highest BCUT2D eigenvalue weighted by Gasteiger charge is 2.19. The number of nitrogen functional groups attached to an aromatic ring is 1. The third kappa shape index (κ3) is 3.86. The monoisotopic (exact) mass is 273 g/mol. The summed E-state index contributed by atoms with van der Waals surface area (Å²) < 4.78 is 32.7. The van der Waals surface area contributed by atoms with Crippen LogP contribution in [0.1, 0.15) is 6.92 Å². The molecule has 1 aromatic carbocycles. The molecule has 0 spiro atoms. The summed E-state index contributed by atoms with van der Waals surface area (Å²) in [4.78, 5) is 0. The maximum atomic E-state index is 12.0. The Hall–Kier alpha value is -1.31. The zero-order valence-electron chi connectivity index (χ0n) is 10.6. The molecule has 0 amide bonds. The predicted octanol–water partition coefficient (Wildman–Crippen LogP) is 0.576. The molecule has 1 aromatic rings. The van der Waals surface area contributed by atoms with Gasteiger partial charge in [-0.2, -0.15) is 13.1 Å². The van der Waals surface area contributed by atoms with E-state index in [0.29, 0.717) is 24.5 Å². The molecule has 18 heavy (non-hydrogen) atoms. The highest BCUT2D eigenvalue weighted by atomic mass is 32.2. The first kappa shape index (κ1) is 14.7. The number of nitrogens with one attached hydrogen (secondary N) is 1. The third-order valence-corrected chi connectivity index (χ3v) is 3.97. The first-order valence-electron chi connectivity index (χ1n) is 5.63. The fourth-order valence-electron chi connectivity index (χ4n) is 1.48. The molecule has 0 bridgehead atoms. The largest absolute Gasteiger partial charge is 0.399 e. The lowest BCUT2D eigenvalue weighted by molar-refractivity contribution is 0.204. The zero-order chi connectivity index (χ0) is 13.6. The Bertz CT molecular complexity index is 459. The number of benzene rings is 1. The zero-order valence-corrected chi connectivity index (χ0v) is 11.4. The lowest BCUT2D eigenvalue weighted by Gasteiger charge is -2.23. The molecular weight excluding hydrogens is 254 g/mol. The fraction of sp³-hybridized carbons (Fsp3) is 0.455. The van der Waals surface area contributed by atoms with Gasteiger partial charge in [-0.15, -0.1) is 0 Å². The van der Waals surface area contributed by atoms with Gasteiger partial charge in [-0.3, -0.25) is 4.31 Å². The van der Waals surface area contributed by atoms with Crippen molar-refractivity contribution in [1.29, 1.82) is 0 Å². The predicted molar refractivity (Wildman–Crippen MR) is 72.7 cm³/mol. The van der Waals surface area contributed by atoms with E-state index in [9.17, 15) is 8.42 Å². The van der Waals surface area contributed by atoms with Crippen LogP contribution in [0.4, 0.5) is 11.4 Å². The molecule has 102 valence electrons. The SMILES string of the molecule is CCN(c1ccc(N)cc1)S(=O)(=O)NCCOC. The summed E-state index contributed by atoms with van der Waals surface area (Å²) in [5.41, 5.74) is 6.75. The van der Waals surface area contributed by atoms with E-state index in [1.165, 1.54) is 11.4 Å². The minimum Gasteiger partial charge on any atom is -0.399 e. The molecule has 6 nitrogen and oxygen atoms in total. The van der Waals surface area contributed by atoms with Gasteiger partial charge in [0, 0.05) is 25.9 Å². The average Bonchev–Trinajstić information content (AvgIpc) is 2.32. The molecule has 0 saturated heterocycles. The number of hydrogen-bond donors (Lipinski definition) is 2. The van der Waals surface area contributed by atoms with Crippen LogP contribution >= 0.6 is 0 Å². The highest BCUT2D eigenvalue weighted by Crippen LogP contribution is 2.18. The Kier molecular flexibility index (Phi) is 5.39. The van der Waals surface area contributed by atoms with Crippen molar-refractivity contribution in [2.24, 2.45) is 0 Å². The van der Waals surface area contributed by atoms with Gasteiger partial charge in [-0.05, 0) is 31.2 Å². The van der Waals surface area contributed by atoms with Gasteiger partial charge in [-0.25, -0.2) is 0 Å². The second kappa shape index (κ2) is 6.58. The molecule has 0 saturated carbocycles. The van der Waals surface area contributed by atoms with Gasteiger partial charge < -0.3 is 10.5 Å². The lowest BCUT2D eigenvalue weighted by atomic mass is 10.3. The number of nitrogens with two attached hydrogens (primary N) is 1. The Morgan fingerprint density at radius 1 is 1.33 bits per heavy atom. The van der Waals surface area contributed by atoms with E-state index in [0.717, 1.165) is 0 Å². The number of methoxy groups -OCH3 is 1. The molecule has 3 N–H and O–H groups in total. The normalized spacial score (nSPS) is 11.4. The smallest absolute Gasteiger partial charge is 0.301 e. The van der Waals surface area contributed by atoms with E-state index in [1.54, 1.807) is 31.2 Å². The van der Waals surface area contributed by atoms with Crippen molar-refractivity contribution < 1.29 is 13.2 Å². The molecule has 0 atom stereocenters. The average molecular weight is 273 g/mol. The maximum absolute atomic E-state index is 12.0. The number of nitrogens with zero attached hydrogens (tertiary/aromatic N) is 1. The number of ether oxygens (including phenoxy) is 1. The van der Waals surface area contributed by atoms with Gasteiger partial charge in [0.1, 0.15) is 0 Å². The molecule has 0 heterocycles. The van der Waals surface area contributed by atoms with E-state index in [-0.39, 0.29) is 6.54 Å². The van der Waals surface area contributed by atoms with Crippen LogP contribution in [0.15, 0.2) is 24.3 Å². The molecule has 1 rings (SSSR count). The summed E-state index contributed by atoms with van der Waals surface area (Å²) >= 11 is 0. The van der Waals surface area contributed by atoms with Crippen LogP contribution in [0.25, 0.3) is 0 Å². The Balaban J connectivity index is 2.85. The molecule has 0 aliphatic rings. The summed E-state index contributed by atoms with van der Waals surface area (Å²) in [6.45, 7) is 2.68. The molecular formula is C11H19N3O3S. The quantitative estimate of drug-likeness (QED) is 0.562. The number of anilines is 2. The van der Waals surface area contributed by atoms with Crippen LogP contribution in [0, 0.1) is 0 Å². The van der Waals surface area contributed by atoms with Gasteiger partial charge in [0.15, 0.2) is 0 Å². The summed E-state index contributed by atoms with van der Waals surface area (Å²) in [7, 11) is -2.03. The molecule has 0 fully saturated rings. The van der Waals surface area contributed by atoms with Crippen LogP contribution in [0.3, 0.4) is 0 Å². The van der Waals surface area contributed by atoms with E-state index >= 15 is 0 Å². The highest BCUT2D eigenvalue weighted by molar-refractivity contribution is 7.90. The molecule has 0 aromatic heterocycles. The van der Waals surface area contributed by atoms with Crippen LogP contribution in [0.5, 0.6) is 0 Å². The fourth-order valence-corrected chi connectivity index (χ4v) is 2.72. The number of hydrogen-bond acceptors (Lipinski definition) is 4. The molecule has 0 radical (unpaired) electrons. The van der Waals surface area contributed by atoms with Crippen molar-refractivity contribution in [2.75, 3.05) is 36.8 Å². The van der Waals surface area contributed by atoms with Crippen molar-refractivity contribution in [3.63, 3.8) is 0 Å². The van der Waals surface area contributed by atoms with Gasteiger partial charge in [-0.1, -0.05) is 0 Å². The van der Waals surface area contributed by atoms with E-state index in [2.05, 4.69) is 4.72 Å². The lowest BCUT2D eigenvalue weighted by Crippen LogP contribution is -2.42. The second-order valence-electron chi connectivity index (χ2n) is 3.65. The summed E-state index contributed by atoms with van der Waals surface area (Å²) in [5.74, 6) is 0. The molecule has 0 aliphatic carbocycles. The first-order valence-corrected chi connectivity index (χ1v) is 7.07. The summed E-state index contributed by atoms with van der Waals surface area (Å²) in [5, 5.41) is 0. The van der Waals surface area contributed by atoms with Gasteiger partial charge in [0.05, 0.1) is 12.3 Å². The van der Waals surface area contributed by atoms with E-state index in [4.69, 9.17) is 10.5 Å². The second-order valence-corrected chi connectivity index (χ2v) is 5.33. The standard InChI is InChI=1S/C11H19N3O3S/c1-3-14(11-6-4-10(12)5-7-11)18(15,16)13-8-9-17-2/h4-7,13H,3,8-9,12H2,1-2H3. The van der Waals surface area contributed by atoms with Crippen LogP contribution < -0.4 is 14.8 Å². The minimum absolute atomic E-state index is 0.240. The Labute approximate surface area is 108 Å². The maximum Gasteiger partial charge on any atom is 0.301 e. The van der Waals surface area contributed by atoms with Crippen molar-refractivity contribution >= 4 is 21.6 Å². The molecule has 7 heteroatoms. The van der Waals surface area contributed by atoms with Crippen molar-refractivity contribution in [3.8, 4) is 0 Å². The first-order chi connectivity index (χ1) is 8.51. The third-order valence-electron chi connectivity index (χ3n) is 2.35. The van der Waals surface area contributed by atoms with Gasteiger partial charge in [0.25, 0.3) is 0 Å². The van der Waals surface area contributed by atoms with Gasteiger partial charge >= 0.3 is 10.2 Å². The summed E-state index contributed by atoms with van der Waals surface area (Å²) in [6.07, 6.45) is 0. The van der Waals surface area contributed by atoms with Crippen LogP contribution in [0.2, 0.25) is 0 Å². The Morgan fingerprint density at radius 3 is 2.44 bits per heavy atom. The molecule has 0 unspecified atom stereocenters. The minimum atomic E-state index is -3.55. The van der Waals surface area contributed by atoms with Crippen molar-refractivity contribution in [2.45, 2.75) is 6.92 Å². The number of rotatable bonds is 7. The van der Waals surface area contributed by atoms with Crippen molar-refractivity contribution in [1.82, 2.24) is 4.72 Å². The van der Waals surface area contributed by atoms with Gasteiger partial charge in [0.2, 0.25) is 0 Å². The topological polar surface area (TPSA) is 84.7 Å².